The van der Waals surface area contributed by atoms with E-state index in [-0.39, 0.29) is 6.10 Å². The fraction of sp³-hybridized carbons (Fsp3) is 0.250. The molecule has 0 amide bonds. The summed E-state index contributed by atoms with van der Waals surface area (Å²) in [5.41, 5.74) is 2.07. The molecular weight excluding hydrogens is 419 g/mol. The molecule has 2 aromatic rings. The van der Waals surface area contributed by atoms with Crippen LogP contribution < -0.4 is 0 Å². The summed E-state index contributed by atoms with van der Waals surface area (Å²) in [6, 6.07) is 15.7. The highest BCUT2D eigenvalue weighted by molar-refractivity contribution is 9.10. The molecule has 0 N–H and O–H groups in total. The molecule has 1 saturated heterocycles. The van der Waals surface area contributed by atoms with Gasteiger partial charge in [0.1, 0.15) is 6.10 Å². The van der Waals surface area contributed by atoms with E-state index in [1.54, 1.807) is 0 Å². The molecule has 0 radical (unpaired) electrons. The number of halogens is 3. The van der Waals surface area contributed by atoms with Crippen LogP contribution in [0.25, 0.3) is 0 Å². The van der Waals surface area contributed by atoms with Crippen LogP contribution in [0.15, 0.2) is 53.0 Å². The van der Waals surface area contributed by atoms with Crippen molar-refractivity contribution in [2.45, 2.75) is 11.9 Å². The zero-order chi connectivity index (χ0) is 14.9. The van der Waals surface area contributed by atoms with Crippen molar-refractivity contribution < 1.29 is 9.47 Å². The van der Waals surface area contributed by atoms with Gasteiger partial charge in [-0.1, -0.05) is 67.7 Å². The van der Waals surface area contributed by atoms with E-state index in [4.69, 9.17) is 21.1 Å². The molecule has 2 unspecified atom stereocenters. The smallest absolute Gasteiger partial charge is 0.205 e. The van der Waals surface area contributed by atoms with Crippen LogP contribution in [0, 0.1) is 0 Å². The van der Waals surface area contributed by atoms with Crippen LogP contribution in [0.3, 0.4) is 0 Å². The first-order chi connectivity index (χ1) is 10.1. The topological polar surface area (TPSA) is 18.5 Å². The van der Waals surface area contributed by atoms with Gasteiger partial charge in [0.25, 0.3) is 0 Å². The minimum Gasteiger partial charge on any atom is -0.342 e. The molecule has 1 fully saturated rings. The van der Waals surface area contributed by atoms with Crippen LogP contribution in [0.2, 0.25) is 5.02 Å². The average Bonchev–Trinajstić information content (AvgIpc) is 2.94. The first-order valence-corrected chi connectivity index (χ1v) is 8.81. The lowest BCUT2D eigenvalue weighted by molar-refractivity contribution is -0.157. The van der Waals surface area contributed by atoms with Gasteiger partial charge < -0.3 is 9.47 Å². The predicted octanol–water partition coefficient (Wildman–Crippen LogP) is 5.44. The zero-order valence-corrected chi connectivity index (χ0v) is 15.0. The molecule has 110 valence electrons. The number of rotatable bonds is 3. The third kappa shape index (κ3) is 3.20. The molecule has 0 aromatic heterocycles. The number of ether oxygens (including phenoxy) is 2. The predicted molar refractivity (Wildman–Crippen MR) is 90.8 cm³/mol. The van der Waals surface area contributed by atoms with Gasteiger partial charge in [-0.05, 0) is 29.8 Å². The molecule has 0 aliphatic carbocycles. The van der Waals surface area contributed by atoms with E-state index < -0.39 is 5.79 Å². The van der Waals surface area contributed by atoms with Crippen molar-refractivity contribution in [3.63, 3.8) is 0 Å². The molecule has 1 heterocycles. The molecule has 1 aliphatic rings. The molecule has 5 heteroatoms. The molecule has 2 atom stereocenters. The van der Waals surface area contributed by atoms with E-state index in [2.05, 4.69) is 31.9 Å². The second-order valence-corrected chi connectivity index (χ2v) is 6.78. The standard InChI is InChI=1S/C16H13Br2ClO2/c17-10-16(12-3-7-14(19)8-4-12)20-9-15(21-16)11-1-5-13(18)6-2-11/h1-8,15H,9-10H2. The van der Waals surface area contributed by atoms with Gasteiger partial charge in [-0.3, -0.25) is 0 Å². The Morgan fingerprint density at radius 2 is 1.76 bits per heavy atom. The maximum absolute atomic E-state index is 6.22. The van der Waals surface area contributed by atoms with Crippen LogP contribution in [0.1, 0.15) is 17.2 Å². The summed E-state index contributed by atoms with van der Waals surface area (Å²) in [6.07, 6.45) is -0.0775. The summed E-state index contributed by atoms with van der Waals surface area (Å²) in [4.78, 5) is 0. The van der Waals surface area contributed by atoms with Crippen LogP contribution >= 0.6 is 43.5 Å². The van der Waals surface area contributed by atoms with Gasteiger partial charge in [-0.15, -0.1) is 0 Å². The monoisotopic (exact) mass is 430 g/mol. The van der Waals surface area contributed by atoms with E-state index in [1.165, 1.54) is 0 Å². The summed E-state index contributed by atoms with van der Waals surface area (Å²) in [5.74, 6) is -0.762. The highest BCUT2D eigenvalue weighted by Gasteiger charge is 2.42. The summed E-state index contributed by atoms with van der Waals surface area (Å²) < 4.78 is 13.3. The van der Waals surface area contributed by atoms with Gasteiger partial charge in [0, 0.05) is 15.1 Å². The molecule has 2 aromatic carbocycles. The van der Waals surface area contributed by atoms with Crippen molar-refractivity contribution in [1.29, 1.82) is 0 Å². The van der Waals surface area contributed by atoms with Crippen molar-refractivity contribution in [1.82, 2.24) is 0 Å². The highest BCUT2D eigenvalue weighted by Crippen LogP contribution is 2.42. The molecule has 21 heavy (non-hydrogen) atoms. The van der Waals surface area contributed by atoms with Crippen molar-refractivity contribution >= 4 is 43.5 Å². The summed E-state index contributed by atoms with van der Waals surface area (Å²) in [7, 11) is 0. The van der Waals surface area contributed by atoms with Crippen molar-refractivity contribution in [3.8, 4) is 0 Å². The molecule has 1 aliphatic heterocycles. The maximum atomic E-state index is 6.22. The molecular formula is C16H13Br2ClO2. The third-order valence-corrected chi connectivity index (χ3v) is 5.02. The largest absolute Gasteiger partial charge is 0.342 e. The number of hydrogen-bond acceptors (Lipinski definition) is 2. The lowest BCUT2D eigenvalue weighted by Gasteiger charge is -2.26. The first-order valence-electron chi connectivity index (χ1n) is 6.52. The number of benzene rings is 2. The molecule has 0 spiro atoms. The SMILES string of the molecule is Clc1ccc(C2(CBr)OCC(c3ccc(Br)cc3)O2)cc1. The van der Waals surface area contributed by atoms with Gasteiger partial charge in [0.05, 0.1) is 11.9 Å². The lowest BCUT2D eigenvalue weighted by Crippen LogP contribution is -2.29. The first kappa shape index (κ1) is 15.5. The minimum atomic E-state index is -0.762. The fourth-order valence-electron chi connectivity index (χ4n) is 2.35. The normalized spacial score (nSPS) is 25.2. The second-order valence-electron chi connectivity index (χ2n) is 4.86. The Kier molecular flexibility index (Phi) is 4.71. The Labute approximate surface area is 145 Å². The summed E-state index contributed by atoms with van der Waals surface area (Å²) in [5, 5.41) is 1.26. The highest BCUT2D eigenvalue weighted by atomic mass is 79.9. The number of hydrogen-bond donors (Lipinski definition) is 0. The minimum absolute atomic E-state index is 0.0775. The zero-order valence-electron chi connectivity index (χ0n) is 11.1. The van der Waals surface area contributed by atoms with E-state index in [0.29, 0.717) is 17.0 Å². The van der Waals surface area contributed by atoms with Gasteiger partial charge >= 0.3 is 0 Å². The Hall–Kier alpha value is -0.390. The van der Waals surface area contributed by atoms with Crippen molar-refractivity contribution in [3.05, 3.63) is 69.2 Å². The summed E-state index contributed by atoms with van der Waals surface area (Å²) >= 11 is 12.9. The van der Waals surface area contributed by atoms with Crippen LogP contribution in [0.5, 0.6) is 0 Å². The third-order valence-electron chi connectivity index (χ3n) is 3.50. The van der Waals surface area contributed by atoms with Crippen LogP contribution in [0.4, 0.5) is 0 Å². The molecule has 2 nitrogen and oxygen atoms in total. The Morgan fingerprint density at radius 3 is 2.38 bits per heavy atom. The average molecular weight is 433 g/mol. The Morgan fingerprint density at radius 1 is 1.10 bits per heavy atom. The van der Waals surface area contributed by atoms with Crippen molar-refractivity contribution in [2.24, 2.45) is 0 Å². The fourth-order valence-corrected chi connectivity index (χ4v) is 3.36. The van der Waals surface area contributed by atoms with Gasteiger partial charge in [0.15, 0.2) is 0 Å². The second kappa shape index (κ2) is 6.39. The van der Waals surface area contributed by atoms with Crippen molar-refractivity contribution in [2.75, 3.05) is 11.9 Å². The Bertz CT molecular complexity index is 615. The molecule has 0 saturated carbocycles. The van der Waals surface area contributed by atoms with Crippen LogP contribution in [-0.2, 0) is 15.3 Å². The van der Waals surface area contributed by atoms with Crippen LogP contribution in [-0.4, -0.2) is 11.9 Å². The van der Waals surface area contributed by atoms with E-state index in [9.17, 15) is 0 Å². The maximum Gasteiger partial charge on any atom is 0.205 e. The summed E-state index contributed by atoms with van der Waals surface area (Å²) in [6.45, 7) is 0.524. The van der Waals surface area contributed by atoms with E-state index >= 15 is 0 Å². The molecule has 3 rings (SSSR count). The van der Waals surface area contributed by atoms with Gasteiger partial charge in [-0.2, -0.15) is 0 Å². The van der Waals surface area contributed by atoms with Gasteiger partial charge in [-0.25, -0.2) is 0 Å². The molecule has 0 bridgehead atoms. The van der Waals surface area contributed by atoms with Gasteiger partial charge in [0.2, 0.25) is 5.79 Å². The Balaban J connectivity index is 1.85. The lowest BCUT2D eigenvalue weighted by atomic mass is 10.1. The quantitative estimate of drug-likeness (QED) is 0.602. The van der Waals surface area contributed by atoms with E-state index in [1.807, 2.05) is 48.5 Å². The van der Waals surface area contributed by atoms with E-state index in [0.717, 1.165) is 15.6 Å². The number of alkyl halides is 1.